The van der Waals surface area contributed by atoms with Gasteiger partial charge in [-0.25, -0.2) is 9.97 Å². The van der Waals surface area contributed by atoms with E-state index in [2.05, 4.69) is 20.4 Å². The molecule has 9 nitrogen and oxygen atoms in total. The van der Waals surface area contributed by atoms with Gasteiger partial charge in [0, 0.05) is 35.6 Å². The first-order valence-electron chi connectivity index (χ1n) is 10.5. The Labute approximate surface area is 188 Å². The smallest absolute Gasteiger partial charge is 0.255 e. The average Bonchev–Trinajstić information content (AvgIpc) is 3.34. The number of primary amides is 1. The molecule has 4 N–H and O–H groups in total. The fourth-order valence-corrected chi connectivity index (χ4v) is 4.61. The third kappa shape index (κ3) is 3.58. The Morgan fingerprint density at radius 1 is 1.31 bits per heavy atom. The standard InChI is InChI=1S/C22H22ClN7O2/c1-30-17-8-12(23)5-6-14(17)18(29-30)16-10-26-21-19(28-16)15(9-25-21)22(32)27-13-4-2-3-11(7-13)20(24)31/h5-6,8-11,13H,2-4,7H2,1H3,(H2,24,31)(H,25,26)(H,27,32)/t11-,13-/m0/s1. The Hall–Kier alpha value is -3.46. The minimum Gasteiger partial charge on any atom is -0.369 e. The Bertz CT molecular complexity index is 1360. The molecule has 0 spiro atoms. The number of nitrogens with zero attached hydrogens (tertiary/aromatic N) is 4. The van der Waals surface area contributed by atoms with Crippen LogP contribution in [0.15, 0.2) is 30.6 Å². The maximum absolute atomic E-state index is 13.0. The van der Waals surface area contributed by atoms with E-state index < -0.39 is 0 Å². The molecule has 1 aromatic carbocycles. The van der Waals surface area contributed by atoms with E-state index in [9.17, 15) is 9.59 Å². The predicted molar refractivity (Wildman–Crippen MR) is 121 cm³/mol. The fourth-order valence-electron chi connectivity index (χ4n) is 4.44. The minimum absolute atomic E-state index is 0.0978. The highest BCUT2D eigenvalue weighted by molar-refractivity contribution is 6.31. The van der Waals surface area contributed by atoms with Crippen LogP contribution in [0.5, 0.6) is 0 Å². The number of nitrogens with two attached hydrogens (primary N) is 1. The molecular weight excluding hydrogens is 430 g/mol. The summed E-state index contributed by atoms with van der Waals surface area (Å²) < 4.78 is 1.74. The van der Waals surface area contributed by atoms with Gasteiger partial charge in [0.25, 0.3) is 5.91 Å². The van der Waals surface area contributed by atoms with Crippen molar-refractivity contribution in [1.82, 2.24) is 30.0 Å². The van der Waals surface area contributed by atoms with Gasteiger partial charge in [-0.3, -0.25) is 14.3 Å². The fraction of sp³-hybridized carbons (Fsp3) is 0.318. The van der Waals surface area contributed by atoms with Crippen molar-refractivity contribution >= 4 is 45.5 Å². The summed E-state index contributed by atoms with van der Waals surface area (Å²) >= 11 is 6.13. The van der Waals surface area contributed by atoms with E-state index in [1.807, 2.05) is 19.2 Å². The summed E-state index contributed by atoms with van der Waals surface area (Å²) in [5, 5.41) is 9.13. The summed E-state index contributed by atoms with van der Waals surface area (Å²) in [5.74, 6) is -0.764. The molecule has 164 valence electrons. The lowest BCUT2D eigenvalue weighted by molar-refractivity contribution is -0.122. The third-order valence-electron chi connectivity index (χ3n) is 6.09. The van der Waals surface area contributed by atoms with Gasteiger partial charge in [-0.05, 0) is 37.5 Å². The molecule has 1 saturated carbocycles. The summed E-state index contributed by atoms with van der Waals surface area (Å²) in [4.78, 5) is 36.7. The SMILES string of the molecule is Cn1nc(-c2cnc3[nH]cc(C(=O)N[C@H]4CCC[C@H](C(N)=O)C4)c3n2)c2ccc(Cl)cc21. The molecule has 0 radical (unpaired) electrons. The van der Waals surface area contributed by atoms with E-state index in [0.29, 0.717) is 39.6 Å². The number of amides is 2. The maximum Gasteiger partial charge on any atom is 0.255 e. The van der Waals surface area contributed by atoms with Gasteiger partial charge in [0.1, 0.15) is 16.9 Å². The van der Waals surface area contributed by atoms with Crippen molar-refractivity contribution < 1.29 is 9.59 Å². The monoisotopic (exact) mass is 451 g/mol. The van der Waals surface area contributed by atoms with Gasteiger partial charge in [0.2, 0.25) is 5.91 Å². The number of aromatic amines is 1. The van der Waals surface area contributed by atoms with Crippen LogP contribution in [0.4, 0.5) is 0 Å². The maximum atomic E-state index is 13.0. The van der Waals surface area contributed by atoms with Crippen LogP contribution >= 0.6 is 11.6 Å². The van der Waals surface area contributed by atoms with E-state index >= 15 is 0 Å². The van der Waals surface area contributed by atoms with Crippen molar-refractivity contribution in [3.8, 4) is 11.4 Å². The summed E-state index contributed by atoms with van der Waals surface area (Å²) in [7, 11) is 1.84. The first-order valence-corrected chi connectivity index (χ1v) is 10.9. The van der Waals surface area contributed by atoms with Gasteiger partial charge in [0.15, 0.2) is 5.65 Å². The first-order chi connectivity index (χ1) is 15.4. The lowest BCUT2D eigenvalue weighted by Gasteiger charge is -2.27. The molecule has 0 unspecified atom stereocenters. The highest BCUT2D eigenvalue weighted by Crippen LogP contribution is 2.30. The molecule has 10 heteroatoms. The van der Waals surface area contributed by atoms with Crippen LogP contribution in [-0.4, -0.2) is 42.6 Å². The number of carbonyl (C=O) groups is 2. The number of benzene rings is 1. The molecule has 2 atom stereocenters. The van der Waals surface area contributed by atoms with Gasteiger partial charge in [0.05, 0.1) is 17.3 Å². The number of hydrogen-bond donors (Lipinski definition) is 3. The molecule has 2 amide bonds. The van der Waals surface area contributed by atoms with E-state index in [4.69, 9.17) is 22.3 Å². The predicted octanol–water partition coefficient (Wildman–Crippen LogP) is 2.94. The number of halogens is 1. The molecule has 1 fully saturated rings. The first kappa shape index (κ1) is 20.4. The number of rotatable bonds is 4. The second kappa shape index (κ2) is 7.90. The van der Waals surface area contributed by atoms with E-state index in [-0.39, 0.29) is 23.8 Å². The number of fused-ring (bicyclic) bond motifs is 2. The molecular formula is C22H22ClN7O2. The number of H-pyrrole nitrogens is 1. The van der Waals surface area contributed by atoms with Gasteiger partial charge < -0.3 is 16.0 Å². The van der Waals surface area contributed by atoms with Crippen LogP contribution in [0.1, 0.15) is 36.0 Å². The normalized spacial score (nSPS) is 18.8. The van der Waals surface area contributed by atoms with Crippen LogP contribution in [0, 0.1) is 5.92 Å². The average molecular weight is 452 g/mol. The Balaban J connectivity index is 1.47. The molecule has 32 heavy (non-hydrogen) atoms. The van der Waals surface area contributed by atoms with Crippen molar-refractivity contribution in [3.63, 3.8) is 0 Å². The quantitative estimate of drug-likeness (QED) is 0.439. The molecule has 3 aromatic heterocycles. The van der Waals surface area contributed by atoms with Crippen LogP contribution in [0.3, 0.4) is 0 Å². The summed E-state index contributed by atoms with van der Waals surface area (Å²) in [6, 6.07) is 5.45. The second-order valence-electron chi connectivity index (χ2n) is 8.22. The summed E-state index contributed by atoms with van der Waals surface area (Å²) in [5.41, 5.74) is 8.95. The van der Waals surface area contributed by atoms with E-state index in [1.165, 1.54) is 0 Å². The Morgan fingerprint density at radius 3 is 2.97 bits per heavy atom. The molecule has 1 aliphatic carbocycles. The summed E-state index contributed by atoms with van der Waals surface area (Å²) in [6.07, 6.45) is 6.24. The molecule has 0 bridgehead atoms. The van der Waals surface area contributed by atoms with Crippen LogP contribution < -0.4 is 11.1 Å². The van der Waals surface area contributed by atoms with Crippen LogP contribution in [0.2, 0.25) is 5.02 Å². The number of aromatic nitrogens is 5. The Morgan fingerprint density at radius 2 is 2.16 bits per heavy atom. The van der Waals surface area contributed by atoms with E-state index in [0.717, 1.165) is 30.2 Å². The second-order valence-corrected chi connectivity index (χ2v) is 8.66. The molecule has 5 rings (SSSR count). The van der Waals surface area contributed by atoms with Crippen LogP contribution in [0.25, 0.3) is 33.5 Å². The minimum atomic E-state index is -0.310. The van der Waals surface area contributed by atoms with Crippen molar-refractivity contribution in [3.05, 3.63) is 41.2 Å². The van der Waals surface area contributed by atoms with Gasteiger partial charge in [-0.2, -0.15) is 5.10 Å². The molecule has 1 aliphatic rings. The highest BCUT2D eigenvalue weighted by atomic mass is 35.5. The van der Waals surface area contributed by atoms with E-state index in [1.54, 1.807) is 23.1 Å². The molecule has 0 saturated heterocycles. The topological polar surface area (TPSA) is 132 Å². The number of carbonyl (C=O) groups excluding carboxylic acids is 2. The lowest BCUT2D eigenvalue weighted by atomic mass is 9.85. The molecule has 0 aliphatic heterocycles. The highest BCUT2D eigenvalue weighted by Gasteiger charge is 2.28. The third-order valence-corrected chi connectivity index (χ3v) is 6.33. The largest absolute Gasteiger partial charge is 0.369 e. The zero-order valence-corrected chi connectivity index (χ0v) is 18.2. The molecule has 3 heterocycles. The van der Waals surface area contributed by atoms with Gasteiger partial charge >= 0.3 is 0 Å². The lowest BCUT2D eigenvalue weighted by Crippen LogP contribution is -2.41. The van der Waals surface area contributed by atoms with Crippen molar-refractivity contribution in [1.29, 1.82) is 0 Å². The van der Waals surface area contributed by atoms with Gasteiger partial charge in [-0.1, -0.05) is 18.0 Å². The van der Waals surface area contributed by atoms with Crippen molar-refractivity contribution in [2.24, 2.45) is 18.7 Å². The summed E-state index contributed by atoms with van der Waals surface area (Å²) in [6.45, 7) is 0. The molecule has 4 aromatic rings. The zero-order chi connectivity index (χ0) is 22.4. The van der Waals surface area contributed by atoms with Gasteiger partial charge in [-0.15, -0.1) is 0 Å². The zero-order valence-electron chi connectivity index (χ0n) is 17.4. The van der Waals surface area contributed by atoms with Crippen LogP contribution in [-0.2, 0) is 11.8 Å². The Kier molecular flexibility index (Phi) is 5.05. The number of nitrogens with one attached hydrogen (secondary N) is 2. The number of hydrogen-bond acceptors (Lipinski definition) is 5. The van der Waals surface area contributed by atoms with Crippen molar-refractivity contribution in [2.75, 3.05) is 0 Å². The number of aryl methyl sites for hydroxylation is 1. The van der Waals surface area contributed by atoms with Crippen molar-refractivity contribution in [2.45, 2.75) is 31.7 Å².